The number of carbonyl (C=O) groups excluding carboxylic acids is 1. The lowest BCUT2D eigenvalue weighted by molar-refractivity contribution is 0.0980. The van der Waals surface area contributed by atoms with Gasteiger partial charge in [0.15, 0.2) is 10.6 Å². The number of nitrogens with one attached hydrogen (secondary N) is 2. The molecule has 0 radical (unpaired) electrons. The standard InChI is InChI=1S/C6H6N4OS/c7-2-1-8-5-3(4(2)11)9-6(12)10-5/h1-2H,7H2,(H2,9,10,12). The van der Waals surface area contributed by atoms with Gasteiger partial charge in [-0.2, -0.15) is 0 Å². The summed E-state index contributed by atoms with van der Waals surface area (Å²) in [5.74, 6) is 0.277. The van der Waals surface area contributed by atoms with E-state index < -0.39 is 6.04 Å². The van der Waals surface area contributed by atoms with Crippen LogP contribution in [0.15, 0.2) is 4.99 Å². The SMILES string of the molecule is NC1C=Nc2[nH]c(=S)[nH]c2C1=O. The Morgan fingerprint density at radius 2 is 2.33 bits per heavy atom. The van der Waals surface area contributed by atoms with E-state index in [1.54, 1.807) is 0 Å². The Balaban J connectivity index is 2.65. The Morgan fingerprint density at radius 3 is 3.08 bits per heavy atom. The van der Waals surface area contributed by atoms with Gasteiger partial charge in [-0.05, 0) is 12.2 Å². The fraction of sp³-hybridized carbons (Fsp3) is 0.167. The highest BCUT2D eigenvalue weighted by molar-refractivity contribution is 7.71. The van der Waals surface area contributed by atoms with Crippen molar-refractivity contribution >= 4 is 30.0 Å². The van der Waals surface area contributed by atoms with Crippen molar-refractivity contribution in [1.82, 2.24) is 9.97 Å². The Kier molecular flexibility index (Phi) is 1.45. The number of hydrogen-bond donors (Lipinski definition) is 3. The summed E-state index contributed by atoms with van der Waals surface area (Å²) in [6.45, 7) is 0. The van der Waals surface area contributed by atoms with Crippen LogP contribution in [0, 0.1) is 4.77 Å². The molecule has 0 bridgehead atoms. The van der Waals surface area contributed by atoms with Gasteiger partial charge < -0.3 is 15.7 Å². The van der Waals surface area contributed by atoms with Crippen LogP contribution >= 0.6 is 12.2 Å². The van der Waals surface area contributed by atoms with Crippen LogP contribution in [-0.2, 0) is 0 Å². The molecule has 6 heteroatoms. The van der Waals surface area contributed by atoms with Crippen LogP contribution in [0.1, 0.15) is 10.5 Å². The summed E-state index contributed by atoms with van der Waals surface area (Å²) in [6.07, 6.45) is 1.39. The molecule has 0 aromatic carbocycles. The van der Waals surface area contributed by atoms with Gasteiger partial charge in [-0.1, -0.05) is 0 Å². The first kappa shape index (κ1) is 7.38. The van der Waals surface area contributed by atoms with Gasteiger partial charge in [-0.3, -0.25) is 4.79 Å². The first-order valence-electron chi connectivity index (χ1n) is 3.35. The van der Waals surface area contributed by atoms with Crippen LogP contribution in [0.2, 0.25) is 0 Å². The van der Waals surface area contributed by atoms with Crippen LogP contribution in [0.5, 0.6) is 0 Å². The van der Waals surface area contributed by atoms with E-state index >= 15 is 0 Å². The molecule has 0 amide bonds. The van der Waals surface area contributed by atoms with Crippen molar-refractivity contribution in [1.29, 1.82) is 0 Å². The molecule has 0 aliphatic carbocycles. The number of aromatic nitrogens is 2. The highest BCUT2D eigenvalue weighted by Crippen LogP contribution is 2.18. The van der Waals surface area contributed by atoms with E-state index in [-0.39, 0.29) is 5.78 Å². The first-order valence-corrected chi connectivity index (χ1v) is 3.75. The minimum absolute atomic E-state index is 0.188. The zero-order valence-electron chi connectivity index (χ0n) is 6.00. The molecule has 1 aliphatic rings. The largest absolute Gasteiger partial charge is 0.326 e. The molecular weight excluding hydrogens is 176 g/mol. The molecule has 0 spiro atoms. The average Bonchev–Trinajstić information content (AvgIpc) is 2.39. The number of aliphatic imine (C=N–C) groups is 1. The molecule has 1 aromatic heterocycles. The second-order valence-electron chi connectivity index (χ2n) is 2.47. The number of rotatable bonds is 0. The van der Waals surface area contributed by atoms with E-state index in [2.05, 4.69) is 15.0 Å². The molecule has 2 heterocycles. The third-order valence-corrected chi connectivity index (χ3v) is 1.82. The van der Waals surface area contributed by atoms with Gasteiger partial charge in [0, 0.05) is 6.21 Å². The van der Waals surface area contributed by atoms with Crippen LogP contribution in [-0.4, -0.2) is 28.0 Å². The molecule has 4 N–H and O–H groups in total. The summed E-state index contributed by atoms with van der Waals surface area (Å²) in [6, 6.07) is -0.654. The van der Waals surface area contributed by atoms with E-state index in [0.717, 1.165) is 0 Å². The molecule has 1 unspecified atom stereocenters. The number of fused-ring (bicyclic) bond motifs is 1. The fourth-order valence-corrected chi connectivity index (χ4v) is 1.24. The molecule has 2 rings (SSSR count). The topological polar surface area (TPSA) is 87.0 Å². The predicted octanol–water partition coefficient (Wildman–Crippen LogP) is 0.298. The molecule has 0 saturated heterocycles. The Morgan fingerprint density at radius 1 is 1.58 bits per heavy atom. The van der Waals surface area contributed by atoms with Gasteiger partial charge in [0.05, 0.1) is 0 Å². The molecule has 1 aromatic rings. The van der Waals surface area contributed by atoms with Gasteiger partial charge in [0.1, 0.15) is 11.7 Å². The van der Waals surface area contributed by atoms with E-state index in [4.69, 9.17) is 18.0 Å². The summed E-state index contributed by atoms with van der Waals surface area (Å²) in [7, 11) is 0. The lowest BCUT2D eigenvalue weighted by atomic mass is 10.1. The second-order valence-corrected chi connectivity index (χ2v) is 2.88. The monoisotopic (exact) mass is 182 g/mol. The summed E-state index contributed by atoms with van der Waals surface area (Å²) >= 11 is 4.79. The zero-order valence-corrected chi connectivity index (χ0v) is 6.81. The number of hydrogen-bond acceptors (Lipinski definition) is 4. The number of ketones is 1. The van der Waals surface area contributed by atoms with Gasteiger partial charge >= 0.3 is 0 Å². The predicted molar refractivity (Wildman–Crippen MR) is 46.4 cm³/mol. The summed E-state index contributed by atoms with van der Waals surface area (Å²) in [5.41, 5.74) is 5.81. The lowest BCUT2D eigenvalue weighted by Gasteiger charge is -2.07. The van der Waals surface area contributed by atoms with Crippen LogP contribution < -0.4 is 5.73 Å². The maximum Gasteiger partial charge on any atom is 0.205 e. The zero-order chi connectivity index (χ0) is 8.72. The van der Waals surface area contributed by atoms with Crippen molar-refractivity contribution in [2.75, 3.05) is 0 Å². The van der Waals surface area contributed by atoms with Crippen molar-refractivity contribution in [2.24, 2.45) is 10.7 Å². The van der Waals surface area contributed by atoms with Crippen molar-refractivity contribution in [3.8, 4) is 0 Å². The third-order valence-electron chi connectivity index (χ3n) is 1.62. The van der Waals surface area contributed by atoms with Crippen LogP contribution in [0.25, 0.3) is 0 Å². The minimum atomic E-state index is -0.654. The third kappa shape index (κ3) is 0.926. The van der Waals surface area contributed by atoms with Crippen LogP contribution in [0.4, 0.5) is 5.82 Å². The van der Waals surface area contributed by atoms with Crippen LogP contribution in [0.3, 0.4) is 0 Å². The summed E-state index contributed by atoms with van der Waals surface area (Å²) < 4.78 is 0.389. The molecule has 5 nitrogen and oxygen atoms in total. The number of carbonyl (C=O) groups is 1. The van der Waals surface area contributed by atoms with Gasteiger partial charge in [-0.15, -0.1) is 0 Å². The van der Waals surface area contributed by atoms with E-state index in [0.29, 0.717) is 16.3 Å². The Bertz CT molecular complexity index is 415. The Hall–Kier alpha value is -1.27. The maximum atomic E-state index is 11.3. The Labute approximate surface area is 72.7 Å². The molecule has 62 valence electrons. The average molecular weight is 182 g/mol. The molecule has 1 aliphatic heterocycles. The van der Waals surface area contributed by atoms with Gasteiger partial charge in [0.2, 0.25) is 5.78 Å². The molecule has 1 atom stereocenters. The number of nitrogens with zero attached hydrogens (tertiary/aromatic N) is 1. The highest BCUT2D eigenvalue weighted by Gasteiger charge is 2.23. The fourth-order valence-electron chi connectivity index (χ4n) is 1.04. The molecule has 0 saturated carbocycles. The normalized spacial score (nSPS) is 21.1. The quantitative estimate of drug-likeness (QED) is 0.504. The van der Waals surface area contributed by atoms with Gasteiger partial charge in [0.25, 0.3) is 0 Å². The number of aromatic amines is 2. The maximum absolute atomic E-state index is 11.3. The summed E-state index contributed by atoms with van der Waals surface area (Å²) in [4.78, 5) is 20.7. The molecule has 12 heavy (non-hydrogen) atoms. The first-order chi connectivity index (χ1) is 5.68. The number of Topliss-reactive ketones (excluding diaryl/α,β-unsaturated/α-hetero) is 1. The number of nitrogens with two attached hydrogens (primary N) is 1. The van der Waals surface area contributed by atoms with Crippen molar-refractivity contribution in [3.63, 3.8) is 0 Å². The smallest absolute Gasteiger partial charge is 0.205 e. The van der Waals surface area contributed by atoms with Crippen molar-refractivity contribution in [3.05, 3.63) is 10.5 Å². The number of H-pyrrole nitrogens is 2. The summed E-state index contributed by atoms with van der Waals surface area (Å²) in [5, 5.41) is 0. The highest BCUT2D eigenvalue weighted by atomic mass is 32.1. The second kappa shape index (κ2) is 2.36. The lowest BCUT2D eigenvalue weighted by Crippen LogP contribution is -2.34. The van der Waals surface area contributed by atoms with E-state index in [1.807, 2.05) is 0 Å². The molecular formula is C6H6N4OS. The van der Waals surface area contributed by atoms with Gasteiger partial charge in [-0.25, -0.2) is 4.99 Å². The van der Waals surface area contributed by atoms with E-state index in [9.17, 15) is 4.79 Å². The van der Waals surface area contributed by atoms with Crippen molar-refractivity contribution in [2.45, 2.75) is 6.04 Å². The molecule has 0 fully saturated rings. The van der Waals surface area contributed by atoms with E-state index in [1.165, 1.54) is 6.21 Å². The number of imidazole rings is 1. The minimum Gasteiger partial charge on any atom is -0.326 e. The van der Waals surface area contributed by atoms with Crippen molar-refractivity contribution < 1.29 is 4.79 Å².